The van der Waals surface area contributed by atoms with Crippen LogP contribution in [0.15, 0.2) is 4.79 Å². The number of nitrogens with one attached hydrogen (secondary N) is 2. The van der Waals surface area contributed by atoms with Crippen LogP contribution in [0.5, 0.6) is 0 Å². The molecule has 3 rings (SSSR count). The molecule has 0 saturated heterocycles. The third-order valence-corrected chi connectivity index (χ3v) is 5.32. The van der Waals surface area contributed by atoms with Crippen LogP contribution in [0.25, 0.3) is 10.2 Å². The number of hydrogen-bond acceptors (Lipinski definition) is 7. The number of aromatic amines is 1. The van der Waals surface area contributed by atoms with Gasteiger partial charge in [0.1, 0.15) is 4.83 Å². The molecular weight excluding hydrogens is 380 g/mol. The quantitative estimate of drug-likeness (QED) is 0.769. The monoisotopic (exact) mass is 398 g/mol. The minimum atomic E-state index is -0.758. The van der Waals surface area contributed by atoms with Gasteiger partial charge in [0, 0.05) is 11.4 Å². The second-order valence-corrected chi connectivity index (χ2v) is 6.97. The molecule has 2 amide bonds. The van der Waals surface area contributed by atoms with Gasteiger partial charge in [0.2, 0.25) is 4.77 Å². The second-order valence-electron chi connectivity index (χ2n) is 5.48. The molecule has 2 aromatic rings. The molecule has 140 valence electrons. The van der Waals surface area contributed by atoms with Crippen molar-refractivity contribution >= 4 is 46.0 Å². The van der Waals surface area contributed by atoms with Crippen molar-refractivity contribution in [3.05, 3.63) is 25.6 Å². The van der Waals surface area contributed by atoms with E-state index in [9.17, 15) is 14.4 Å². The number of carbonyl (C=O) groups excluding carboxylic acids is 2. The summed E-state index contributed by atoms with van der Waals surface area (Å²) in [5.41, 5.74) is 2.78. The van der Waals surface area contributed by atoms with Crippen LogP contribution in [0.2, 0.25) is 0 Å². The molecular formula is C15H18N4O5S2. The van der Waals surface area contributed by atoms with Gasteiger partial charge in [0.25, 0.3) is 5.56 Å². The van der Waals surface area contributed by atoms with Crippen LogP contribution in [0.1, 0.15) is 24.3 Å². The summed E-state index contributed by atoms with van der Waals surface area (Å²) in [5.74, 6) is 0. The fourth-order valence-electron chi connectivity index (χ4n) is 2.80. The van der Waals surface area contributed by atoms with E-state index in [4.69, 9.17) is 21.7 Å². The molecule has 0 saturated carbocycles. The van der Waals surface area contributed by atoms with E-state index in [2.05, 4.69) is 10.4 Å². The van der Waals surface area contributed by atoms with E-state index in [1.807, 2.05) is 0 Å². The molecule has 0 radical (unpaired) electrons. The van der Waals surface area contributed by atoms with E-state index in [1.54, 1.807) is 18.7 Å². The highest BCUT2D eigenvalue weighted by molar-refractivity contribution is 7.71. The molecule has 1 aliphatic heterocycles. The van der Waals surface area contributed by atoms with Crippen molar-refractivity contribution < 1.29 is 19.1 Å². The van der Waals surface area contributed by atoms with Crippen LogP contribution in [-0.4, -0.2) is 46.5 Å². The fourth-order valence-corrected chi connectivity index (χ4v) is 4.35. The van der Waals surface area contributed by atoms with Gasteiger partial charge in [0.05, 0.1) is 25.1 Å². The number of amides is 2. The van der Waals surface area contributed by atoms with E-state index in [0.717, 1.165) is 15.1 Å². The third-order valence-electron chi connectivity index (χ3n) is 3.90. The first kappa shape index (κ1) is 18.4. The molecule has 26 heavy (non-hydrogen) atoms. The van der Waals surface area contributed by atoms with Gasteiger partial charge in [-0.15, -0.1) is 11.3 Å². The summed E-state index contributed by atoms with van der Waals surface area (Å²) in [7, 11) is 0. The summed E-state index contributed by atoms with van der Waals surface area (Å²) >= 11 is 6.54. The lowest BCUT2D eigenvalue weighted by molar-refractivity contribution is 0.103. The van der Waals surface area contributed by atoms with E-state index in [-0.39, 0.29) is 17.5 Å². The Kier molecular flexibility index (Phi) is 5.28. The number of aromatic nitrogens is 2. The van der Waals surface area contributed by atoms with Gasteiger partial charge >= 0.3 is 12.2 Å². The Morgan fingerprint density at radius 2 is 2.04 bits per heavy atom. The van der Waals surface area contributed by atoms with Gasteiger partial charge in [0.15, 0.2) is 0 Å². The number of nitrogens with zero attached hydrogens (tertiary/aromatic N) is 2. The van der Waals surface area contributed by atoms with Gasteiger partial charge in [-0.1, -0.05) is 0 Å². The van der Waals surface area contributed by atoms with Gasteiger partial charge in [-0.05, 0) is 38.0 Å². The van der Waals surface area contributed by atoms with Crippen LogP contribution < -0.4 is 11.0 Å². The number of carbonyl (C=O) groups is 2. The molecule has 0 spiro atoms. The molecule has 0 bridgehead atoms. The van der Waals surface area contributed by atoms with Crippen LogP contribution >= 0.6 is 23.6 Å². The normalized spacial score (nSPS) is 13.4. The molecule has 0 aliphatic carbocycles. The first-order valence-corrected chi connectivity index (χ1v) is 9.33. The molecule has 0 unspecified atom stereocenters. The van der Waals surface area contributed by atoms with Crippen molar-refractivity contribution in [1.82, 2.24) is 14.6 Å². The topological polar surface area (TPSA) is 106 Å². The Balaban J connectivity index is 2.00. The number of thiophene rings is 1. The second kappa shape index (κ2) is 7.46. The summed E-state index contributed by atoms with van der Waals surface area (Å²) in [6.45, 7) is 4.74. The van der Waals surface area contributed by atoms with Crippen molar-refractivity contribution in [2.45, 2.75) is 26.8 Å². The van der Waals surface area contributed by atoms with Gasteiger partial charge < -0.3 is 19.4 Å². The molecule has 2 aromatic heterocycles. The largest absolute Gasteiger partial charge is 0.450 e. The van der Waals surface area contributed by atoms with Crippen molar-refractivity contribution in [3.8, 4) is 0 Å². The molecule has 0 fully saturated rings. The average molecular weight is 398 g/mol. The number of hydrogen-bond donors (Lipinski definition) is 2. The predicted octanol–water partition coefficient (Wildman–Crippen LogP) is 2.34. The number of fused-ring (bicyclic) bond motifs is 3. The molecule has 0 aromatic carbocycles. The van der Waals surface area contributed by atoms with Gasteiger partial charge in [-0.2, -0.15) is 4.68 Å². The van der Waals surface area contributed by atoms with E-state index in [0.29, 0.717) is 36.3 Å². The maximum Gasteiger partial charge on any atom is 0.426 e. The van der Waals surface area contributed by atoms with Crippen molar-refractivity contribution in [2.75, 3.05) is 25.2 Å². The highest BCUT2D eigenvalue weighted by Gasteiger charge is 2.27. The van der Waals surface area contributed by atoms with Crippen LogP contribution in [0.3, 0.4) is 0 Å². The van der Waals surface area contributed by atoms with E-state index in [1.165, 1.54) is 11.3 Å². The maximum absolute atomic E-state index is 12.8. The molecule has 9 nitrogen and oxygen atoms in total. The average Bonchev–Trinajstić information content (AvgIpc) is 2.96. The van der Waals surface area contributed by atoms with Crippen molar-refractivity contribution in [1.29, 1.82) is 0 Å². The molecule has 0 atom stereocenters. The van der Waals surface area contributed by atoms with E-state index >= 15 is 0 Å². The van der Waals surface area contributed by atoms with Crippen molar-refractivity contribution in [2.24, 2.45) is 0 Å². The molecule has 1 aliphatic rings. The zero-order valence-corrected chi connectivity index (χ0v) is 15.9. The number of H-pyrrole nitrogens is 1. The Bertz CT molecular complexity index is 977. The molecule has 11 heteroatoms. The number of rotatable bonds is 3. The summed E-state index contributed by atoms with van der Waals surface area (Å²) in [5, 5.41) is 0.471. The molecule has 2 N–H and O–H groups in total. The first-order valence-electron chi connectivity index (χ1n) is 8.11. The highest BCUT2D eigenvalue weighted by atomic mass is 32.1. The van der Waals surface area contributed by atoms with Crippen LogP contribution in [-0.2, 0) is 22.4 Å². The van der Waals surface area contributed by atoms with Crippen molar-refractivity contribution in [3.63, 3.8) is 0 Å². The zero-order valence-electron chi connectivity index (χ0n) is 14.3. The Morgan fingerprint density at radius 1 is 1.31 bits per heavy atom. The fraction of sp³-hybridized carbons (Fsp3) is 0.467. The summed E-state index contributed by atoms with van der Waals surface area (Å²) in [4.78, 5) is 42.5. The summed E-state index contributed by atoms with van der Waals surface area (Å²) in [6, 6.07) is 0. The Hall–Kier alpha value is -2.40. The Labute approximate surface area is 157 Å². The summed E-state index contributed by atoms with van der Waals surface area (Å²) in [6.07, 6.45) is -0.607. The third kappa shape index (κ3) is 3.31. The lowest BCUT2D eigenvalue weighted by Gasteiger charge is -2.25. The van der Waals surface area contributed by atoms with Gasteiger partial charge in [-0.25, -0.2) is 15.0 Å². The Morgan fingerprint density at radius 3 is 2.73 bits per heavy atom. The minimum absolute atomic E-state index is 0.0661. The smallest absolute Gasteiger partial charge is 0.426 e. The zero-order chi connectivity index (χ0) is 18.8. The predicted molar refractivity (Wildman–Crippen MR) is 98.8 cm³/mol. The SMILES string of the molecule is CCOC(=O)Nn1c(=S)[nH]c2sc3c(c2c1=O)CCN(C(=O)OCC)C3. The minimum Gasteiger partial charge on any atom is -0.450 e. The van der Waals surface area contributed by atoms with Gasteiger partial charge in [-0.3, -0.25) is 4.79 Å². The van der Waals surface area contributed by atoms with E-state index < -0.39 is 11.7 Å². The highest BCUT2D eigenvalue weighted by Crippen LogP contribution is 2.32. The first-order chi connectivity index (χ1) is 12.5. The lowest BCUT2D eigenvalue weighted by atomic mass is 10.1. The van der Waals surface area contributed by atoms with Crippen LogP contribution in [0.4, 0.5) is 9.59 Å². The maximum atomic E-state index is 12.8. The standard InChI is InChI=1S/C15H18N4O5S2/c1-3-23-14(21)17-19-12(20)10-8-5-6-18(15(22)24-4-2)7-9(8)26-11(10)16-13(19)25/h3-7H2,1-2H3,(H,16,25)(H,17,21). The summed E-state index contributed by atoms with van der Waals surface area (Å²) < 4.78 is 10.9. The lowest BCUT2D eigenvalue weighted by Crippen LogP contribution is -2.37. The number of ether oxygens (including phenoxy) is 2. The van der Waals surface area contributed by atoms with Crippen LogP contribution in [0, 0.1) is 4.77 Å². The molecule has 3 heterocycles.